The average Bonchev–Trinajstić information content (AvgIpc) is 3.22. The van der Waals surface area contributed by atoms with E-state index in [2.05, 4.69) is 20.5 Å². The summed E-state index contributed by atoms with van der Waals surface area (Å²) in [5.74, 6) is 0.627. The van der Waals surface area contributed by atoms with E-state index in [9.17, 15) is 9.59 Å². The van der Waals surface area contributed by atoms with Crippen molar-refractivity contribution >= 4 is 46.6 Å². The zero-order valence-electron chi connectivity index (χ0n) is 18.0. The van der Waals surface area contributed by atoms with Gasteiger partial charge in [0, 0.05) is 5.02 Å². The summed E-state index contributed by atoms with van der Waals surface area (Å²) in [6.45, 7) is 5.22. The van der Waals surface area contributed by atoms with Crippen molar-refractivity contribution in [1.29, 1.82) is 0 Å². The van der Waals surface area contributed by atoms with E-state index in [1.165, 1.54) is 11.8 Å². The summed E-state index contributed by atoms with van der Waals surface area (Å²) < 4.78 is 5.38. The molecule has 1 aromatic heterocycles. The van der Waals surface area contributed by atoms with Crippen LogP contribution in [0.2, 0.25) is 5.02 Å². The average molecular weight is 472 g/mol. The van der Waals surface area contributed by atoms with E-state index in [0.29, 0.717) is 38.7 Å². The summed E-state index contributed by atoms with van der Waals surface area (Å²) in [4.78, 5) is 32.2. The number of carbonyl (C=O) groups is 2. The SMILES string of the molecule is COc1ccc(Cl)cc1-c1nc(SC(C)C(=O)N2c3ccccc3NC(=O)C2(C)C)n[nH]1. The number of H-pyrrole nitrogens is 1. The van der Waals surface area contributed by atoms with Gasteiger partial charge in [0.2, 0.25) is 17.0 Å². The van der Waals surface area contributed by atoms with Crippen molar-refractivity contribution in [3.8, 4) is 17.1 Å². The number of halogens is 1. The van der Waals surface area contributed by atoms with Crippen LogP contribution in [0.15, 0.2) is 47.6 Å². The molecule has 2 N–H and O–H groups in total. The fourth-order valence-corrected chi connectivity index (χ4v) is 4.46. The number of hydrogen-bond donors (Lipinski definition) is 2. The number of fused-ring (bicyclic) bond motifs is 1. The fourth-order valence-electron chi connectivity index (χ4n) is 3.52. The van der Waals surface area contributed by atoms with E-state index in [4.69, 9.17) is 16.3 Å². The Labute approximate surface area is 194 Å². The number of aromatic amines is 1. The predicted octanol–water partition coefficient (Wildman–Crippen LogP) is 4.38. The van der Waals surface area contributed by atoms with Gasteiger partial charge in [-0.3, -0.25) is 19.6 Å². The quantitative estimate of drug-likeness (QED) is 0.535. The van der Waals surface area contributed by atoms with Crippen molar-refractivity contribution in [3.05, 3.63) is 47.5 Å². The Morgan fingerprint density at radius 2 is 2.00 bits per heavy atom. The van der Waals surface area contributed by atoms with Gasteiger partial charge < -0.3 is 10.1 Å². The molecular weight excluding hydrogens is 450 g/mol. The van der Waals surface area contributed by atoms with Gasteiger partial charge in [0.25, 0.3) is 0 Å². The number of amides is 2. The standard InChI is InChI=1S/C22H22ClN5O3S/c1-12(19(29)28-16-8-6-5-7-15(16)24-20(30)22(28,2)3)32-21-25-18(26-27-21)14-11-13(23)9-10-17(14)31-4/h5-12H,1-4H3,(H,24,30)(H,25,26,27). The molecule has 32 heavy (non-hydrogen) atoms. The minimum atomic E-state index is -1.04. The van der Waals surface area contributed by atoms with Gasteiger partial charge in [-0.25, -0.2) is 4.98 Å². The molecule has 1 atom stereocenters. The monoisotopic (exact) mass is 471 g/mol. The highest BCUT2D eigenvalue weighted by Gasteiger charge is 2.44. The van der Waals surface area contributed by atoms with Crippen LogP contribution in [0.4, 0.5) is 11.4 Å². The van der Waals surface area contributed by atoms with E-state index in [-0.39, 0.29) is 11.8 Å². The van der Waals surface area contributed by atoms with E-state index < -0.39 is 10.8 Å². The van der Waals surface area contributed by atoms with Gasteiger partial charge in [0.05, 0.1) is 29.3 Å². The molecule has 166 valence electrons. The van der Waals surface area contributed by atoms with Crippen molar-refractivity contribution in [3.63, 3.8) is 0 Å². The molecule has 10 heteroatoms. The lowest BCUT2D eigenvalue weighted by Crippen LogP contribution is -2.60. The first-order chi connectivity index (χ1) is 15.2. The first kappa shape index (κ1) is 22.2. The summed E-state index contributed by atoms with van der Waals surface area (Å²) >= 11 is 7.32. The smallest absolute Gasteiger partial charge is 0.250 e. The maximum atomic E-state index is 13.5. The van der Waals surface area contributed by atoms with Gasteiger partial charge in [0.1, 0.15) is 11.3 Å². The number of rotatable bonds is 5. The number of benzene rings is 2. The van der Waals surface area contributed by atoms with Crippen LogP contribution in [0.3, 0.4) is 0 Å². The highest BCUT2D eigenvalue weighted by molar-refractivity contribution is 8.00. The Hall–Kier alpha value is -3.04. The van der Waals surface area contributed by atoms with Gasteiger partial charge in [-0.15, -0.1) is 5.10 Å². The number of nitrogens with zero attached hydrogens (tertiary/aromatic N) is 3. The van der Waals surface area contributed by atoms with Crippen molar-refractivity contribution in [2.75, 3.05) is 17.3 Å². The minimum Gasteiger partial charge on any atom is -0.496 e. The van der Waals surface area contributed by atoms with Crippen molar-refractivity contribution < 1.29 is 14.3 Å². The Morgan fingerprint density at radius 1 is 1.25 bits per heavy atom. The molecule has 0 saturated carbocycles. The van der Waals surface area contributed by atoms with Gasteiger partial charge >= 0.3 is 0 Å². The molecule has 1 aliphatic rings. The second-order valence-electron chi connectivity index (χ2n) is 7.78. The number of hydrogen-bond acceptors (Lipinski definition) is 6. The number of para-hydroxylation sites is 2. The third kappa shape index (κ3) is 3.93. The van der Waals surface area contributed by atoms with Gasteiger partial charge in [0.15, 0.2) is 5.82 Å². The molecule has 2 heterocycles. The Bertz CT molecular complexity index is 1200. The Kier molecular flexibility index (Phi) is 5.87. The molecule has 2 amide bonds. The van der Waals surface area contributed by atoms with Crippen molar-refractivity contribution in [1.82, 2.24) is 15.2 Å². The van der Waals surface area contributed by atoms with Crippen LogP contribution in [-0.2, 0) is 9.59 Å². The molecule has 0 spiro atoms. The van der Waals surface area contributed by atoms with E-state index in [1.807, 2.05) is 18.2 Å². The Morgan fingerprint density at radius 3 is 2.75 bits per heavy atom. The first-order valence-electron chi connectivity index (χ1n) is 9.90. The largest absolute Gasteiger partial charge is 0.496 e. The molecule has 4 rings (SSSR count). The first-order valence-corrected chi connectivity index (χ1v) is 11.2. The number of thioether (sulfide) groups is 1. The van der Waals surface area contributed by atoms with E-state index in [0.717, 1.165) is 0 Å². The van der Waals surface area contributed by atoms with Gasteiger partial charge in [-0.05, 0) is 51.1 Å². The molecule has 0 fully saturated rings. The highest BCUT2D eigenvalue weighted by atomic mass is 35.5. The molecule has 0 radical (unpaired) electrons. The van der Waals surface area contributed by atoms with Crippen LogP contribution in [0.5, 0.6) is 5.75 Å². The minimum absolute atomic E-state index is 0.214. The second-order valence-corrected chi connectivity index (χ2v) is 9.52. The molecule has 1 aliphatic heterocycles. The lowest BCUT2D eigenvalue weighted by atomic mass is 9.96. The van der Waals surface area contributed by atoms with Crippen LogP contribution in [0.25, 0.3) is 11.4 Å². The molecule has 0 bridgehead atoms. The maximum Gasteiger partial charge on any atom is 0.250 e. The second kappa shape index (κ2) is 8.48. The summed E-state index contributed by atoms with van der Waals surface area (Å²) in [7, 11) is 1.56. The predicted molar refractivity (Wildman–Crippen MR) is 125 cm³/mol. The van der Waals surface area contributed by atoms with Gasteiger partial charge in [-0.2, -0.15) is 0 Å². The number of methoxy groups -OCH3 is 1. The van der Waals surface area contributed by atoms with Crippen LogP contribution in [0.1, 0.15) is 20.8 Å². The third-order valence-electron chi connectivity index (χ3n) is 5.24. The number of aromatic nitrogens is 3. The van der Waals surface area contributed by atoms with Crippen LogP contribution >= 0.6 is 23.4 Å². The lowest BCUT2D eigenvalue weighted by molar-refractivity contribution is -0.126. The van der Waals surface area contributed by atoms with Crippen LogP contribution < -0.4 is 15.0 Å². The molecule has 8 nitrogen and oxygen atoms in total. The lowest BCUT2D eigenvalue weighted by Gasteiger charge is -2.42. The fraction of sp³-hybridized carbons (Fsp3) is 0.273. The van der Waals surface area contributed by atoms with E-state index >= 15 is 0 Å². The Balaban J connectivity index is 1.59. The summed E-state index contributed by atoms with van der Waals surface area (Å²) in [5.41, 5.74) is 0.893. The highest BCUT2D eigenvalue weighted by Crippen LogP contribution is 2.39. The number of anilines is 2. The van der Waals surface area contributed by atoms with Gasteiger partial charge in [-0.1, -0.05) is 35.5 Å². The molecular formula is C22H22ClN5O3S. The van der Waals surface area contributed by atoms with Crippen molar-refractivity contribution in [2.24, 2.45) is 0 Å². The maximum absolute atomic E-state index is 13.5. The summed E-state index contributed by atoms with van der Waals surface area (Å²) in [6.07, 6.45) is 0. The normalized spacial score (nSPS) is 15.7. The summed E-state index contributed by atoms with van der Waals surface area (Å²) in [6, 6.07) is 12.5. The number of nitrogens with one attached hydrogen (secondary N) is 2. The third-order valence-corrected chi connectivity index (χ3v) is 6.42. The number of ether oxygens (including phenoxy) is 1. The zero-order chi connectivity index (χ0) is 23.0. The molecule has 3 aromatic rings. The summed E-state index contributed by atoms with van der Waals surface area (Å²) in [5, 5.41) is 10.4. The van der Waals surface area contributed by atoms with Crippen LogP contribution in [-0.4, -0.2) is 44.9 Å². The van der Waals surface area contributed by atoms with E-state index in [1.54, 1.807) is 57.0 Å². The van der Waals surface area contributed by atoms with Crippen LogP contribution in [0, 0.1) is 0 Å². The zero-order valence-corrected chi connectivity index (χ0v) is 19.5. The van der Waals surface area contributed by atoms with Crippen molar-refractivity contribution in [2.45, 2.75) is 36.7 Å². The molecule has 0 aliphatic carbocycles. The topological polar surface area (TPSA) is 100 Å². The molecule has 0 saturated heterocycles. The number of carbonyl (C=O) groups excluding carboxylic acids is 2. The molecule has 1 unspecified atom stereocenters. The molecule has 2 aromatic carbocycles.